The smallest absolute Gasteiger partial charge is 0.508 e. The number of nitrogens with one attached hydrogen (secondary N) is 1. The highest BCUT2D eigenvalue weighted by atomic mass is 16.7. The molecule has 0 spiro atoms. The maximum absolute atomic E-state index is 14.3. The molecule has 0 bridgehead atoms. The van der Waals surface area contributed by atoms with Gasteiger partial charge in [0.25, 0.3) is 5.56 Å². The minimum Gasteiger partial charge on any atom is -0.508 e. The highest BCUT2D eigenvalue weighted by Gasteiger charge is 2.51. The van der Waals surface area contributed by atoms with Crippen molar-refractivity contribution < 1.29 is 43.5 Å². The Bertz CT molecular complexity index is 3240. The van der Waals surface area contributed by atoms with E-state index in [-0.39, 0.29) is 66.5 Å². The number of amides is 1. The Balaban J connectivity index is 0.794. The molecular weight excluding hydrogens is 949 g/mol. The van der Waals surface area contributed by atoms with Crippen LogP contribution in [0.1, 0.15) is 100 Å². The van der Waals surface area contributed by atoms with Crippen molar-refractivity contribution >= 4 is 29.1 Å². The summed E-state index contributed by atoms with van der Waals surface area (Å²) in [7, 11) is 1.64. The molecule has 0 saturated carbocycles. The Morgan fingerprint density at radius 1 is 0.905 bits per heavy atom. The number of carbonyl (C=O) groups is 3. The zero-order valence-corrected chi connectivity index (χ0v) is 43.0. The Morgan fingerprint density at radius 2 is 1.65 bits per heavy atom. The number of ether oxygens (including phenoxy) is 4. The maximum Gasteiger partial charge on any atom is 0.513 e. The van der Waals surface area contributed by atoms with Crippen LogP contribution in [0.2, 0.25) is 0 Å². The van der Waals surface area contributed by atoms with E-state index in [2.05, 4.69) is 20.0 Å². The number of H-pyrrole nitrogens is 1. The summed E-state index contributed by atoms with van der Waals surface area (Å²) in [5, 5.41) is 28.5. The molecule has 19 nitrogen and oxygen atoms in total. The van der Waals surface area contributed by atoms with Crippen molar-refractivity contribution in [2.24, 2.45) is 5.92 Å². The minimum atomic E-state index is -1.85. The number of aromatic nitrogens is 5. The molecule has 0 radical (unpaired) electrons. The summed E-state index contributed by atoms with van der Waals surface area (Å²) >= 11 is 0. The van der Waals surface area contributed by atoms with Gasteiger partial charge in [-0.2, -0.15) is 5.10 Å². The van der Waals surface area contributed by atoms with Gasteiger partial charge in [0.15, 0.2) is 5.82 Å². The molecule has 9 rings (SSSR count). The number of piperazine rings is 1. The van der Waals surface area contributed by atoms with Gasteiger partial charge >= 0.3 is 23.9 Å². The SMILES string of the molecule is CCc1c2c(nc3ccc(OC(=O)OCC(C)C)cc13)-c1cc3c(c(=O)n1C2)COC(=O)C3(CC)OC(=O)N(C)CCCCN1CCN(Cc2ccc(-n3c(-c4cc(C(C)C)c(O)cc4O)n[nH]c3=O)cc2)CC1. The number of carbonyl (C=O) groups excluding carboxylic acids is 3. The Kier molecular flexibility index (Phi) is 14.7. The summed E-state index contributed by atoms with van der Waals surface area (Å²) in [5.41, 5.74) is 4.08. The van der Waals surface area contributed by atoms with Gasteiger partial charge in [0, 0.05) is 68.9 Å². The van der Waals surface area contributed by atoms with Crippen LogP contribution in [0.3, 0.4) is 0 Å². The summed E-state index contributed by atoms with van der Waals surface area (Å²) in [6.45, 7) is 17.2. The predicted molar refractivity (Wildman–Crippen MR) is 276 cm³/mol. The van der Waals surface area contributed by atoms with Gasteiger partial charge in [-0.3, -0.25) is 9.69 Å². The van der Waals surface area contributed by atoms with Gasteiger partial charge in [-0.1, -0.05) is 53.7 Å². The topological polar surface area (TPSA) is 224 Å². The molecule has 6 aromatic rings. The van der Waals surface area contributed by atoms with Gasteiger partial charge < -0.3 is 43.5 Å². The fraction of sp³-hybridized carbons (Fsp3) is 0.436. The normalized spacial score (nSPS) is 16.5. The lowest BCUT2D eigenvalue weighted by atomic mass is 9.85. The van der Waals surface area contributed by atoms with Crippen LogP contribution in [-0.4, -0.2) is 120 Å². The molecule has 1 atom stereocenters. The summed E-state index contributed by atoms with van der Waals surface area (Å²) < 4.78 is 25.5. The van der Waals surface area contributed by atoms with E-state index in [9.17, 15) is 34.2 Å². The van der Waals surface area contributed by atoms with Crippen molar-refractivity contribution in [2.75, 3.05) is 52.9 Å². The number of phenols is 2. The van der Waals surface area contributed by atoms with Crippen molar-refractivity contribution in [2.45, 2.75) is 98.4 Å². The molecule has 3 aromatic carbocycles. The number of rotatable bonds is 16. The molecular formula is C55H64N8O11. The zero-order valence-electron chi connectivity index (χ0n) is 43.0. The molecule has 74 heavy (non-hydrogen) atoms. The van der Waals surface area contributed by atoms with Crippen LogP contribution in [0, 0.1) is 5.92 Å². The largest absolute Gasteiger partial charge is 0.513 e. The van der Waals surface area contributed by atoms with Gasteiger partial charge in [0.05, 0.1) is 46.9 Å². The third kappa shape index (κ3) is 9.97. The molecule has 0 aliphatic carbocycles. The van der Waals surface area contributed by atoms with Crippen molar-refractivity contribution in [1.29, 1.82) is 0 Å². The first-order chi connectivity index (χ1) is 35.5. The highest BCUT2D eigenvalue weighted by molar-refractivity contribution is 5.91. The van der Waals surface area contributed by atoms with Crippen molar-refractivity contribution in [1.82, 2.24) is 39.0 Å². The Hall–Kier alpha value is -7.51. The molecule has 6 heterocycles. The van der Waals surface area contributed by atoms with Crippen molar-refractivity contribution in [3.8, 4) is 45.7 Å². The molecule has 1 saturated heterocycles. The number of esters is 1. The van der Waals surface area contributed by atoms with Crippen LogP contribution >= 0.6 is 0 Å². The van der Waals surface area contributed by atoms with E-state index in [4.69, 9.17) is 23.9 Å². The first-order valence-electron chi connectivity index (χ1n) is 25.5. The van der Waals surface area contributed by atoms with Gasteiger partial charge in [-0.25, -0.2) is 33.8 Å². The van der Waals surface area contributed by atoms with E-state index in [1.54, 1.807) is 48.9 Å². The molecule has 3 aliphatic heterocycles. The van der Waals surface area contributed by atoms with Crippen LogP contribution < -0.4 is 16.0 Å². The third-order valence-electron chi connectivity index (χ3n) is 14.4. The van der Waals surface area contributed by atoms with Crippen molar-refractivity contribution in [3.05, 3.63) is 115 Å². The first kappa shape index (κ1) is 51.4. The maximum atomic E-state index is 14.3. The quantitative estimate of drug-likeness (QED) is 0.0368. The molecule has 3 aliphatic rings. The van der Waals surface area contributed by atoms with E-state index in [0.29, 0.717) is 64.4 Å². The highest BCUT2D eigenvalue weighted by Crippen LogP contribution is 2.43. The molecule has 1 fully saturated rings. The van der Waals surface area contributed by atoms with Crippen LogP contribution in [0.25, 0.3) is 39.4 Å². The van der Waals surface area contributed by atoms with Gasteiger partial charge in [0.2, 0.25) is 5.60 Å². The van der Waals surface area contributed by atoms with E-state index >= 15 is 0 Å². The molecule has 1 unspecified atom stereocenters. The number of pyridine rings is 2. The first-order valence-corrected chi connectivity index (χ1v) is 25.5. The lowest BCUT2D eigenvalue weighted by Gasteiger charge is -2.36. The zero-order chi connectivity index (χ0) is 52.6. The number of phenolic OH excluding ortho intramolecular Hbond substituents is 2. The third-order valence-corrected chi connectivity index (χ3v) is 14.4. The number of nitrogens with zero attached hydrogens (tertiary/aromatic N) is 7. The Labute approximate surface area is 428 Å². The lowest BCUT2D eigenvalue weighted by Crippen LogP contribution is -2.49. The van der Waals surface area contributed by atoms with Crippen LogP contribution in [0.4, 0.5) is 9.59 Å². The van der Waals surface area contributed by atoms with Gasteiger partial charge in [-0.15, -0.1) is 0 Å². The summed E-state index contributed by atoms with van der Waals surface area (Å²) in [6.07, 6.45) is 0.690. The number of cyclic esters (lactones) is 1. The van der Waals surface area contributed by atoms with Crippen LogP contribution in [0.5, 0.6) is 17.2 Å². The van der Waals surface area contributed by atoms with Crippen molar-refractivity contribution in [3.63, 3.8) is 0 Å². The van der Waals surface area contributed by atoms with Crippen LogP contribution in [0.15, 0.2) is 70.3 Å². The summed E-state index contributed by atoms with van der Waals surface area (Å²) in [6, 6.07) is 17.6. The van der Waals surface area contributed by atoms with E-state index < -0.39 is 29.5 Å². The monoisotopic (exact) mass is 1010 g/mol. The molecule has 3 N–H and O–H groups in total. The summed E-state index contributed by atoms with van der Waals surface area (Å²) in [4.78, 5) is 78.5. The number of hydrogen-bond acceptors (Lipinski definition) is 15. The number of unbranched alkanes of at least 4 members (excludes halogenated alkanes) is 1. The number of aromatic hydroxyl groups is 2. The lowest BCUT2D eigenvalue weighted by molar-refractivity contribution is -0.173. The number of hydrogen-bond donors (Lipinski definition) is 3. The fourth-order valence-electron chi connectivity index (χ4n) is 10.3. The Morgan fingerprint density at radius 3 is 2.35 bits per heavy atom. The summed E-state index contributed by atoms with van der Waals surface area (Å²) in [5.74, 6) is -0.236. The predicted octanol–water partition coefficient (Wildman–Crippen LogP) is 7.56. The standard InChI is InChI=1S/C55H64N8O11/c1-8-37-39-24-36(73-54(70)72-30-32(3)4)16-17-44(39)56-48-41(37)29-62-45(48)26-43-42(50(62)66)31-71-51(67)55(43,9-2)74-53(69)59(7)18-10-11-19-60-20-22-61(23-21-60)28-34-12-14-35(15-13-34)63-49(57-58-52(63)68)40-25-38(33(5)6)46(64)27-47(40)65/h12-17,24-27,32-33,64-65H,8-11,18-23,28-31H2,1-7H3,(H,58,68). The second-order valence-corrected chi connectivity index (χ2v) is 20.1. The molecule has 19 heteroatoms. The minimum absolute atomic E-state index is 0.0151. The van der Waals surface area contributed by atoms with E-state index in [1.807, 2.05) is 58.9 Å². The average Bonchev–Trinajstić information content (AvgIpc) is 3.95. The number of fused-ring (bicyclic) bond motifs is 5. The number of aryl methyl sites for hydroxylation is 1. The molecule has 3 aromatic heterocycles. The van der Waals surface area contributed by atoms with E-state index in [1.165, 1.54) is 15.5 Å². The second-order valence-electron chi connectivity index (χ2n) is 20.1. The fourth-order valence-corrected chi connectivity index (χ4v) is 10.3. The molecule has 1 amide bonds. The van der Waals surface area contributed by atoms with Gasteiger partial charge in [-0.05, 0) is 103 Å². The second kappa shape index (κ2) is 21.1. The van der Waals surface area contributed by atoms with Gasteiger partial charge in [0.1, 0.15) is 23.9 Å². The number of aromatic amines is 1. The molecule has 390 valence electrons. The van der Waals surface area contributed by atoms with E-state index in [0.717, 1.165) is 67.8 Å². The average molecular weight is 1010 g/mol. The number of benzene rings is 3. The van der Waals surface area contributed by atoms with Crippen LogP contribution in [-0.2, 0) is 50.7 Å².